The van der Waals surface area contributed by atoms with Crippen molar-refractivity contribution in [3.05, 3.63) is 81.8 Å². The first kappa shape index (κ1) is 25.0. The number of anilines is 1. The van der Waals surface area contributed by atoms with Crippen molar-refractivity contribution in [2.45, 2.75) is 11.4 Å². The number of sulfonamides is 1. The monoisotopic (exact) mass is 552 g/mol. The zero-order valence-electron chi connectivity index (χ0n) is 17.9. The summed E-state index contributed by atoms with van der Waals surface area (Å²) in [6, 6.07) is 17.9. The molecule has 0 bridgehead atoms. The van der Waals surface area contributed by atoms with E-state index < -0.39 is 22.5 Å². The van der Waals surface area contributed by atoms with E-state index in [1.807, 2.05) is 12.1 Å². The zero-order chi connectivity index (χ0) is 24.0. The molecule has 3 aromatic rings. The fourth-order valence-corrected chi connectivity index (χ4v) is 4.80. The summed E-state index contributed by atoms with van der Waals surface area (Å²) in [7, 11) is -0.999. The Kier molecular flexibility index (Phi) is 8.36. The summed E-state index contributed by atoms with van der Waals surface area (Å²) in [5, 5.41) is 3.13. The predicted octanol–water partition coefficient (Wildman–Crippen LogP) is 4.95. The summed E-state index contributed by atoms with van der Waals surface area (Å²) in [5.74, 6) is 0.433. The second kappa shape index (κ2) is 11.0. The van der Waals surface area contributed by atoms with Crippen molar-refractivity contribution in [1.29, 1.82) is 0 Å². The summed E-state index contributed by atoms with van der Waals surface area (Å²) in [4.78, 5) is 12.9. The van der Waals surface area contributed by atoms with Gasteiger partial charge in [0.05, 0.1) is 31.3 Å². The van der Waals surface area contributed by atoms with Crippen LogP contribution in [0.15, 0.2) is 76.1 Å². The number of nitrogens with zero attached hydrogens (tertiary/aromatic N) is 1. The molecule has 0 atom stereocenters. The van der Waals surface area contributed by atoms with Crippen LogP contribution in [0.4, 0.5) is 5.69 Å². The minimum absolute atomic E-state index is 0.00536. The van der Waals surface area contributed by atoms with Crippen LogP contribution in [0.2, 0.25) is 5.02 Å². The SMILES string of the molecule is COc1ccc(NC(=O)CN(Cc2ccc(Br)cc2)S(=O)(=O)c2ccc(Cl)cc2)c(OC)c1. The Balaban J connectivity index is 1.88. The molecular weight excluding hydrogens is 532 g/mol. The number of carbonyl (C=O) groups is 1. The third kappa shape index (κ3) is 6.48. The number of rotatable bonds is 9. The molecule has 3 aromatic carbocycles. The fourth-order valence-electron chi connectivity index (χ4n) is 3.03. The molecule has 7 nitrogen and oxygen atoms in total. The molecule has 0 saturated carbocycles. The summed E-state index contributed by atoms with van der Waals surface area (Å²) in [6.45, 7) is -0.401. The average Bonchev–Trinajstić information content (AvgIpc) is 2.80. The Morgan fingerprint density at radius 1 is 1.00 bits per heavy atom. The van der Waals surface area contributed by atoms with Gasteiger partial charge in [-0.15, -0.1) is 0 Å². The standard InChI is InChI=1S/C23H22BrClN2O5S/c1-31-19-9-12-21(22(13-19)32-2)26-23(28)15-27(14-16-3-5-17(24)6-4-16)33(29,30)20-10-7-18(25)8-11-20/h3-13H,14-15H2,1-2H3,(H,26,28). The molecule has 0 aliphatic carbocycles. The van der Waals surface area contributed by atoms with E-state index in [1.54, 1.807) is 30.3 Å². The number of hydrogen-bond acceptors (Lipinski definition) is 5. The largest absolute Gasteiger partial charge is 0.497 e. The predicted molar refractivity (Wildman–Crippen MR) is 131 cm³/mol. The average molecular weight is 554 g/mol. The van der Waals surface area contributed by atoms with Crippen molar-refractivity contribution in [2.24, 2.45) is 0 Å². The van der Waals surface area contributed by atoms with Crippen LogP contribution < -0.4 is 14.8 Å². The molecule has 0 radical (unpaired) electrons. The van der Waals surface area contributed by atoms with Gasteiger partial charge >= 0.3 is 0 Å². The number of carbonyl (C=O) groups excluding carboxylic acids is 1. The minimum Gasteiger partial charge on any atom is -0.497 e. The smallest absolute Gasteiger partial charge is 0.243 e. The topological polar surface area (TPSA) is 84.9 Å². The highest BCUT2D eigenvalue weighted by Crippen LogP contribution is 2.29. The van der Waals surface area contributed by atoms with Crippen molar-refractivity contribution >= 4 is 49.1 Å². The summed E-state index contributed by atoms with van der Waals surface area (Å²) in [6.07, 6.45) is 0. The van der Waals surface area contributed by atoms with Crippen LogP contribution in [0.5, 0.6) is 11.5 Å². The lowest BCUT2D eigenvalue weighted by atomic mass is 10.2. The highest BCUT2D eigenvalue weighted by molar-refractivity contribution is 9.10. The molecule has 1 N–H and O–H groups in total. The maximum absolute atomic E-state index is 13.4. The molecule has 0 aromatic heterocycles. The van der Waals surface area contributed by atoms with E-state index in [4.69, 9.17) is 21.1 Å². The first-order valence-corrected chi connectivity index (χ1v) is 12.4. The Bertz CT molecular complexity index is 1220. The van der Waals surface area contributed by atoms with E-state index >= 15 is 0 Å². The maximum Gasteiger partial charge on any atom is 0.243 e. The second-order valence-corrected chi connectivity index (χ2v) is 10.3. The van der Waals surface area contributed by atoms with Crippen LogP contribution in [0.25, 0.3) is 0 Å². The number of nitrogens with one attached hydrogen (secondary N) is 1. The van der Waals surface area contributed by atoms with Crippen molar-refractivity contribution in [1.82, 2.24) is 4.31 Å². The summed E-state index contributed by atoms with van der Waals surface area (Å²) < 4.78 is 39.2. The zero-order valence-corrected chi connectivity index (χ0v) is 21.1. The van der Waals surface area contributed by atoms with E-state index in [9.17, 15) is 13.2 Å². The molecule has 10 heteroatoms. The minimum atomic E-state index is -3.99. The van der Waals surface area contributed by atoms with Gasteiger partial charge in [-0.05, 0) is 54.1 Å². The number of methoxy groups -OCH3 is 2. The first-order valence-electron chi connectivity index (χ1n) is 9.75. The molecule has 0 aliphatic rings. The van der Waals surface area contributed by atoms with Gasteiger partial charge in [0.2, 0.25) is 15.9 Å². The number of ether oxygens (including phenoxy) is 2. The van der Waals surface area contributed by atoms with Crippen LogP contribution in [0, 0.1) is 0 Å². The molecular formula is C23H22BrClN2O5S. The first-order chi connectivity index (χ1) is 15.7. The van der Waals surface area contributed by atoms with Crippen LogP contribution in [-0.4, -0.2) is 39.4 Å². The van der Waals surface area contributed by atoms with Gasteiger partial charge in [0, 0.05) is 22.1 Å². The van der Waals surface area contributed by atoms with Gasteiger partial charge in [0.1, 0.15) is 11.5 Å². The molecule has 0 aliphatic heterocycles. The van der Waals surface area contributed by atoms with E-state index in [1.165, 1.54) is 38.5 Å². The second-order valence-electron chi connectivity index (χ2n) is 6.97. The van der Waals surface area contributed by atoms with E-state index in [0.29, 0.717) is 22.2 Å². The van der Waals surface area contributed by atoms with Gasteiger partial charge in [-0.3, -0.25) is 4.79 Å². The van der Waals surface area contributed by atoms with Crippen LogP contribution in [-0.2, 0) is 21.4 Å². The lowest BCUT2D eigenvalue weighted by Gasteiger charge is -2.22. The van der Waals surface area contributed by atoms with Crippen molar-refractivity contribution in [3.8, 4) is 11.5 Å². The summed E-state index contributed by atoms with van der Waals surface area (Å²) >= 11 is 9.28. The molecule has 0 fully saturated rings. The highest BCUT2D eigenvalue weighted by Gasteiger charge is 2.27. The van der Waals surface area contributed by atoms with E-state index in [2.05, 4.69) is 21.2 Å². The quantitative estimate of drug-likeness (QED) is 0.405. The highest BCUT2D eigenvalue weighted by atomic mass is 79.9. The lowest BCUT2D eigenvalue weighted by molar-refractivity contribution is -0.116. The van der Waals surface area contributed by atoms with E-state index in [0.717, 1.165) is 14.3 Å². The summed E-state index contributed by atoms with van der Waals surface area (Å²) in [5.41, 5.74) is 1.13. The number of benzene rings is 3. The molecule has 33 heavy (non-hydrogen) atoms. The normalized spacial score (nSPS) is 11.3. The maximum atomic E-state index is 13.4. The molecule has 0 unspecified atom stereocenters. The van der Waals surface area contributed by atoms with Gasteiger partial charge in [-0.2, -0.15) is 4.31 Å². The Morgan fingerprint density at radius 3 is 2.27 bits per heavy atom. The molecule has 0 heterocycles. The molecule has 3 rings (SSSR count). The van der Waals surface area contributed by atoms with Crippen molar-refractivity contribution < 1.29 is 22.7 Å². The third-order valence-corrected chi connectivity index (χ3v) is 7.31. The third-order valence-electron chi connectivity index (χ3n) is 4.73. The Morgan fingerprint density at radius 2 is 1.67 bits per heavy atom. The molecule has 0 saturated heterocycles. The number of amides is 1. The Hall–Kier alpha value is -2.59. The Labute approximate surface area is 206 Å². The number of hydrogen-bond donors (Lipinski definition) is 1. The van der Waals surface area contributed by atoms with Gasteiger partial charge in [0.15, 0.2) is 0 Å². The van der Waals surface area contributed by atoms with Crippen molar-refractivity contribution in [3.63, 3.8) is 0 Å². The van der Waals surface area contributed by atoms with Gasteiger partial charge in [-0.25, -0.2) is 8.42 Å². The van der Waals surface area contributed by atoms with Crippen molar-refractivity contribution in [2.75, 3.05) is 26.1 Å². The van der Waals surface area contributed by atoms with Gasteiger partial charge in [0.25, 0.3) is 0 Å². The number of halogens is 2. The molecule has 174 valence electrons. The van der Waals surface area contributed by atoms with Crippen LogP contribution in [0.3, 0.4) is 0 Å². The van der Waals surface area contributed by atoms with Gasteiger partial charge in [-0.1, -0.05) is 39.7 Å². The molecule has 1 amide bonds. The fraction of sp³-hybridized carbons (Fsp3) is 0.174. The van der Waals surface area contributed by atoms with Crippen LogP contribution in [0.1, 0.15) is 5.56 Å². The molecule has 0 spiro atoms. The van der Waals surface area contributed by atoms with E-state index in [-0.39, 0.29) is 11.4 Å². The van der Waals surface area contributed by atoms with Gasteiger partial charge < -0.3 is 14.8 Å². The van der Waals surface area contributed by atoms with Crippen LogP contribution >= 0.6 is 27.5 Å². The lowest BCUT2D eigenvalue weighted by Crippen LogP contribution is -2.37.